The third kappa shape index (κ3) is 5.23. The number of nitrogens with zero attached hydrogens (tertiary/aromatic N) is 1. The second kappa shape index (κ2) is 9.89. The van der Waals surface area contributed by atoms with Crippen LogP contribution in [0.4, 0.5) is 5.69 Å². The summed E-state index contributed by atoms with van der Waals surface area (Å²) in [5.74, 6) is 0.0937. The van der Waals surface area contributed by atoms with Crippen molar-refractivity contribution in [3.63, 3.8) is 0 Å². The molecule has 0 saturated heterocycles. The van der Waals surface area contributed by atoms with Crippen LogP contribution in [0.3, 0.4) is 0 Å². The fourth-order valence-corrected chi connectivity index (χ4v) is 4.71. The molecule has 1 aliphatic heterocycles. The van der Waals surface area contributed by atoms with Gasteiger partial charge in [-0.15, -0.1) is 0 Å². The van der Waals surface area contributed by atoms with E-state index in [-0.39, 0.29) is 46.7 Å². The van der Waals surface area contributed by atoms with Crippen molar-refractivity contribution in [2.24, 2.45) is 5.92 Å². The van der Waals surface area contributed by atoms with Crippen LogP contribution in [0.5, 0.6) is 5.75 Å². The van der Waals surface area contributed by atoms with E-state index in [1.807, 2.05) is 20.9 Å². The van der Waals surface area contributed by atoms with Crippen LogP contribution in [0.2, 0.25) is 0 Å². The number of carbonyl (C=O) groups excluding carboxylic acids is 1. The Kier molecular flexibility index (Phi) is 7.43. The lowest BCUT2D eigenvalue weighted by atomic mass is 9.99. The first-order valence-electron chi connectivity index (χ1n) is 10.6. The average Bonchev–Trinajstić information content (AvgIpc) is 2.76. The van der Waals surface area contributed by atoms with Crippen LogP contribution >= 0.6 is 0 Å². The first-order chi connectivity index (χ1) is 15.2. The maximum Gasteiger partial charge on any atom is 0.261 e. The van der Waals surface area contributed by atoms with Crippen LogP contribution in [-0.4, -0.2) is 63.2 Å². The molecule has 3 N–H and O–H groups in total. The summed E-state index contributed by atoms with van der Waals surface area (Å²) in [4.78, 5) is 15.1. The SMILES string of the molecule is CNC[C@H]1Oc2ccc(NS(=O)(=O)c3ccc(C)cc3)cc2C(=O)N([C@H](C)CO)C[C@@H]1C. The lowest BCUT2D eigenvalue weighted by Crippen LogP contribution is -2.49. The van der Waals surface area contributed by atoms with E-state index in [2.05, 4.69) is 10.0 Å². The number of aryl methyl sites for hydroxylation is 1. The molecule has 0 bridgehead atoms. The van der Waals surface area contributed by atoms with E-state index >= 15 is 0 Å². The monoisotopic (exact) mass is 461 g/mol. The van der Waals surface area contributed by atoms with Crippen molar-refractivity contribution in [2.75, 3.05) is 31.5 Å². The largest absolute Gasteiger partial charge is 0.488 e. The maximum atomic E-state index is 13.4. The molecule has 1 heterocycles. The van der Waals surface area contributed by atoms with Gasteiger partial charge in [0.2, 0.25) is 0 Å². The van der Waals surface area contributed by atoms with Gasteiger partial charge >= 0.3 is 0 Å². The van der Waals surface area contributed by atoms with Gasteiger partial charge in [-0.2, -0.15) is 0 Å². The highest BCUT2D eigenvalue weighted by Gasteiger charge is 2.33. The number of carbonyl (C=O) groups is 1. The zero-order valence-corrected chi connectivity index (χ0v) is 19.6. The molecule has 0 radical (unpaired) electrons. The van der Waals surface area contributed by atoms with Crippen molar-refractivity contribution in [3.05, 3.63) is 53.6 Å². The van der Waals surface area contributed by atoms with Gasteiger partial charge in [-0.05, 0) is 51.2 Å². The molecule has 1 aliphatic rings. The molecule has 0 saturated carbocycles. The third-order valence-corrected chi connectivity index (χ3v) is 7.05. The van der Waals surface area contributed by atoms with Crippen LogP contribution < -0.4 is 14.8 Å². The summed E-state index contributed by atoms with van der Waals surface area (Å²) < 4.78 is 34.3. The van der Waals surface area contributed by atoms with Gasteiger partial charge in [0.05, 0.1) is 23.1 Å². The van der Waals surface area contributed by atoms with Crippen molar-refractivity contribution >= 4 is 21.6 Å². The Bertz CT molecular complexity index is 1060. The Labute approximate surface area is 189 Å². The van der Waals surface area contributed by atoms with Gasteiger partial charge in [0, 0.05) is 24.7 Å². The summed E-state index contributed by atoms with van der Waals surface area (Å²) in [5, 5.41) is 12.8. The number of likely N-dealkylation sites (N-methyl/N-ethyl adjacent to an activating group) is 1. The fourth-order valence-electron chi connectivity index (χ4n) is 3.66. The summed E-state index contributed by atoms with van der Waals surface area (Å²) in [5.41, 5.74) is 1.47. The second-order valence-electron chi connectivity index (χ2n) is 8.31. The predicted octanol–water partition coefficient (Wildman–Crippen LogP) is 2.24. The molecule has 0 fully saturated rings. The molecule has 9 heteroatoms. The number of fused-ring (bicyclic) bond motifs is 1. The first kappa shape index (κ1) is 24.0. The number of ether oxygens (including phenoxy) is 1. The van der Waals surface area contributed by atoms with E-state index in [9.17, 15) is 18.3 Å². The van der Waals surface area contributed by atoms with Gasteiger partial charge < -0.3 is 20.1 Å². The van der Waals surface area contributed by atoms with Crippen LogP contribution in [0.15, 0.2) is 47.4 Å². The second-order valence-corrected chi connectivity index (χ2v) is 9.99. The topological polar surface area (TPSA) is 108 Å². The molecule has 2 aromatic carbocycles. The molecule has 0 spiro atoms. The highest BCUT2D eigenvalue weighted by molar-refractivity contribution is 7.92. The van der Waals surface area contributed by atoms with Crippen molar-refractivity contribution in [3.8, 4) is 5.75 Å². The molecule has 3 atom stereocenters. The van der Waals surface area contributed by atoms with Crippen molar-refractivity contribution in [1.82, 2.24) is 10.2 Å². The number of nitrogens with one attached hydrogen (secondary N) is 2. The lowest BCUT2D eigenvalue weighted by Gasteiger charge is -2.37. The molecule has 8 nitrogen and oxygen atoms in total. The highest BCUT2D eigenvalue weighted by Crippen LogP contribution is 2.31. The van der Waals surface area contributed by atoms with Crippen LogP contribution in [-0.2, 0) is 10.0 Å². The number of amides is 1. The number of hydrogen-bond acceptors (Lipinski definition) is 6. The minimum absolute atomic E-state index is 0.0215. The number of aliphatic hydroxyl groups is 1. The van der Waals surface area contributed by atoms with Gasteiger partial charge in [0.15, 0.2) is 0 Å². The Morgan fingerprint density at radius 3 is 2.53 bits per heavy atom. The first-order valence-corrected chi connectivity index (χ1v) is 12.1. The number of hydrogen-bond donors (Lipinski definition) is 3. The van der Waals surface area contributed by atoms with Crippen molar-refractivity contribution in [2.45, 2.75) is 37.8 Å². The molecular formula is C23H31N3O5S. The Morgan fingerprint density at radius 1 is 1.22 bits per heavy atom. The van der Waals surface area contributed by atoms with E-state index < -0.39 is 10.0 Å². The number of rotatable bonds is 7. The van der Waals surface area contributed by atoms with E-state index in [1.54, 1.807) is 36.1 Å². The standard InChI is InChI=1S/C23H31N3O5S/c1-15-5-8-19(9-6-15)32(29,30)25-18-7-10-21-20(11-18)23(28)26(17(3)14-27)13-16(2)22(31-21)12-24-4/h5-11,16-17,22,24-25,27H,12-14H2,1-4H3/t16-,17+,22+/m0/s1. The summed E-state index contributed by atoms with van der Waals surface area (Å²) in [6.07, 6.45) is -0.199. The van der Waals surface area contributed by atoms with Gasteiger partial charge in [-0.3, -0.25) is 9.52 Å². The molecule has 0 aliphatic carbocycles. The zero-order chi connectivity index (χ0) is 23.5. The summed E-state index contributed by atoms with van der Waals surface area (Å²) >= 11 is 0. The van der Waals surface area contributed by atoms with Crippen molar-refractivity contribution in [1.29, 1.82) is 0 Å². The summed E-state index contributed by atoms with van der Waals surface area (Å²) in [6, 6.07) is 10.8. The molecule has 0 aromatic heterocycles. The van der Waals surface area contributed by atoms with Crippen LogP contribution in [0, 0.1) is 12.8 Å². The number of anilines is 1. The van der Waals surface area contributed by atoms with E-state index in [0.717, 1.165) is 5.56 Å². The van der Waals surface area contributed by atoms with Crippen LogP contribution in [0.1, 0.15) is 29.8 Å². The molecule has 2 aromatic rings. The maximum absolute atomic E-state index is 13.4. The molecule has 32 heavy (non-hydrogen) atoms. The Morgan fingerprint density at radius 2 is 1.91 bits per heavy atom. The van der Waals surface area contributed by atoms with Gasteiger partial charge in [-0.25, -0.2) is 8.42 Å². The van der Waals surface area contributed by atoms with Gasteiger partial charge in [0.25, 0.3) is 15.9 Å². The van der Waals surface area contributed by atoms with Gasteiger partial charge in [-0.1, -0.05) is 24.6 Å². The third-order valence-electron chi connectivity index (χ3n) is 5.65. The van der Waals surface area contributed by atoms with Crippen LogP contribution in [0.25, 0.3) is 0 Å². The van der Waals surface area contributed by atoms with E-state index in [1.165, 1.54) is 18.2 Å². The number of benzene rings is 2. The normalized spacial score (nSPS) is 20.0. The predicted molar refractivity (Wildman–Crippen MR) is 124 cm³/mol. The Balaban J connectivity index is 1.99. The minimum atomic E-state index is -3.82. The smallest absolute Gasteiger partial charge is 0.261 e. The van der Waals surface area contributed by atoms with Crippen molar-refractivity contribution < 1.29 is 23.1 Å². The van der Waals surface area contributed by atoms with E-state index in [0.29, 0.717) is 18.8 Å². The number of aliphatic hydroxyl groups excluding tert-OH is 1. The zero-order valence-electron chi connectivity index (χ0n) is 18.8. The minimum Gasteiger partial charge on any atom is -0.488 e. The van der Waals surface area contributed by atoms with E-state index in [4.69, 9.17) is 4.74 Å². The molecule has 0 unspecified atom stereocenters. The lowest BCUT2D eigenvalue weighted by molar-refractivity contribution is 0.0416. The average molecular weight is 462 g/mol. The quantitative estimate of drug-likeness (QED) is 0.584. The molecular weight excluding hydrogens is 430 g/mol. The summed E-state index contributed by atoms with van der Waals surface area (Å²) in [7, 11) is -1.99. The molecule has 174 valence electrons. The fraction of sp³-hybridized carbons (Fsp3) is 0.435. The Hall–Kier alpha value is -2.62. The molecule has 1 amide bonds. The van der Waals surface area contributed by atoms with Gasteiger partial charge in [0.1, 0.15) is 11.9 Å². The highest BCUT2D eigenvalue weighted by atomic mass is 32.2. The summed E-state index contributed by atoms with van der Waals surface area (Å²) in [6.45, 7) is 6.48. The number of sulfonamides is 1. The molecule has 3 rings (SSSR count).